The number of hydrogen-bond donors (Lipinski definition) is 1. The van der Waals surface area contributed by atoms with Gasteiger partial charge in [0.2, 0.25) is 5.95 Å². The summed E-state index contributed by atoms with van der Waals surface area (Å²) < 4.78 is 2.08. The van der Waals surface area contributed by atoms with Gasteiger partial charge < -0.3 is 14.8 Å². The molecule has 8 heteroatoms. The van der Waals surface area contributed by atoms with E-state index in [4.69, 9.17) is 11.6 Å². The predicted molar refractivity (Wildman–Crippen MR) is 90.3 cm³/mol. The Balaban J connectivity index is 1.49. The second kappa shape index (κ2) is 6.39. The van der Waals surface area contributed by atoms with Gasteiger partial charge in [-0.3, -0.25) is 4.79 Å². The summed E-state index contributed by atoms with van der Waals surface area (Å²) in [5, 5.41) is 3.33. The summed E-state index contributed by atoms with van der Waals surface area (Å²) in [6, 6.07) is 0.0560. The van der Waals surface area contributed by atoms with Crippen molar-refractivity contribution in [1.29, 1.82) is 0 Å². The Bertz CT molecular complexity index is 755. The lowest BCUT2D eigenvalue weighted by molar-refractivity contribution is 0.0922. The number of fused-ring (bicyclic) bond motifs is 1. The molecule has 1 unspecified atom stereocenters. The lowest BCUT2D eigenvalue weighted by Gasteiger charge is -2.25. The molecule has 2 aromatic heterocycles. The maximum atomic E-state index is 12.6. The molecule has 1 fully saturated rings. The molecule has 0 bridgehead atoms. The maximum Gasteiger partial charge on any atom is 0.271 e. The van der Waals surface area contributed by atoms with Gasteiger partial charge in [-0.2, -0.15) is 0 Å². The van der Waals surface area contributed by atoms with E-state index in [9.17, 15) is 4.79 Å². The summed E-state index contributed by atoms with van der Waals surface area (Å²) in [4.78, 5) is 27.7. The minimum Gasteiger partial charge on any atom is -0.346 e. The molecule has 4 rings (SSSR count). The Kier molecular flexibility index (Phi) is 4.10. The second-order valence-corrected chi connectivity index (χ2v) is 6.67. The first-order chi connectivity index (χ1) is 11.7. The number of nitrogens with one attached hydrogen (secondary N) is 1. The number of anilines is 1. The molecule has 0 radical (unpaired) electrons. The van der Waals surface area contributed by atoms with Crippen LogP contribution in [-0.4, -0.2) is 44.6 Å². The highest BCUT2D eigenvalue weighted by molar-refractivity contribution is 6.33. The van der Waals surface area contributed by atoms with E-state index in [1.54, 1.807) is 6.20 Å². The summed E-state index contributed by atoms with van der Waals surface area (Å²) >= 11 is 6.16. The van der Waals surface area contributed by atoms with Gasteiger partial charge in [0.1, 0.15) is 5.82 Å². The monoisotopic (exact) mass is 346 g/mol. The van der Waals surface area contributed by atoms with Crippen LogP contribution in [0.3, 0.4) is 0 Å². The van der Waals surface area contributed by atoms with E-state index < -0.39 is 0 Å². The van der Waals surface area contributed by atoms with Crippen LogP contribution in [0.25, 0.3) is 0 Å². The summed E-state index contributed by atoms with van der Waals surface area (Å²) in [5.41, 5.74) is 0.255. The standard InChI is InChI=1S/C16H19ClN6O/c17-12-9-19-16(22-6-1-2-7-22)21-14(12)15(24)20-11-3-4-13-18-5-8-23(13)10-11/h5,8-9,11H,1-4,6-7,10H2,(H,20,24). The molecule has 2 aromatic rings. The minimum absolute atomic E-state index is 0.0560. The fourth-order valence-electron chi connectivity index (χ4n) is 3.32. The van der Waals surface area contributed by atoms with Crippen LogP contribution in [-0.2, 0) is 13.0 Å². The second-order valence-electron chi connectivity index (χ2n) is 6.27. The zero-order valence-electron chi connectivity index (χ0n) is 13.3. The first-order valence-corrected chi connectivity index (χ1v) is 8.67. The van der Waals surface area contributed by atoms with Crippen LogP contribution in [0.5, 0.6) is 0 Å². The Morgan fingerprint density at radius 1 is 1.29 bits per heavy atom. The number of nitrogens with zero attached hydrogens (tertiary/aromatic N) is 5. The van der Waals surface area contributed by atoms with Crippen molar-refractivity contribution < 1.29 is 4.79 Å². The lowest BCUT2D eigenvalue weighted by Crippen LogP contribution is -2.41. The molecule has 7 nitrogen and oxygen atoms in total. The summed E-state index contributed by atoms with van der Waals surface area (Å²) in [6.07, 6.45) is 9.23. The molecule has 1 amide bonds. The first kappa shape index (κ1) is 15.4. The Labute approximate surface area is 145 Å². The predicted octanol–water partition coefficient (Wildman–Crippen LogP) is 1.67. The van der Waals surface area contributed by atoms with Gasteiger partial charge in [0.05, 0.1) is 11.2 Å². The Hall–Kier alpha value is -2.15. The zero-order valence-corrected chi connectivity index (χ0v) is 14.0. The largest absolute Gasteiger partial charge is 0.346 e. The third-order valence-electron chi connectivity index (χ3n) is 4.61. The number of imidazole rings is 1. The van der Waals surface area contributed by atoms with Gasteiger partial charge in [0.25, 0.3) is 5.91 Å². The van der Waals surface area contributed by atoms with Crippen LogP contribution in [0, 0.1) is 0 Å². The van der Waals surface area contributed by atoms with E-state index >= 15 is 0 Å². The Morgan fingerprint density at radius 2 is 2.12 bits per heavy atom. The lowest BCUT2D eigenvalue weighted by atomic mass is 10.1. The molecule has 0 aromatic carbocycles. The van der Waals surface area contributed by atoms with Crippen molar-refractivity contribution in [3.63, 3.8) is 0 Å². The third kappa shape index (κ3) is 2.96. The number of halogens is 1. The smallest absolute Gasteiger partial charge is 0.271 e. The maximum absolute atomic E-state index is 12.6. The molecule has 2 aliphatic heterocycles. The number of rotatable bonds is 3. The highest BCUT2D eigenvalue weighted by atomic mass is 35.5. The van der Waals surface area contributed by atoms with Crippen molar-refractivity contribution in [3.05, 3.63) is 35.1 Å². The van der Waals surface area contributed by atoms with Gasteiger partial charge in [-0.25, -0.2) is 15.0 Å². The fourth-order valence-corrected chi connectivity index (χ4v) is 3.50. The topological polar surface area (TPSA) is 75.9 Å². The number of aryl methyl sites for hydroxylation is 1. The quantitative estimate of drug-likeness (QED) is 0.915. The molecular formula is C16H19ClN6O. The number of carbonyl (C=O) groups excluding carboxylic acids is 1. The van der Waals surface area contributed by atoms with Crippen LogP contribution in [0.2, 0.25) is 5.02 Å². The van der Waals surface area contributed by atoms with Crippen LogP contribution < -0.4 is 10.2 Å². The van der Waals surface area contributed by atoms with Gasteiger partial charge in [-0.05, 0) is 19.3 Å². The minimum atomic E-state index is -0.239. The van der Waals surface area contributed by atoms with Gasteiger partial charge in [-0.1, -0.05) is 11.6 Å². The fraction of sp³-hybridized carbons (Fsp3) is 0.500. The normalized spacial score (nSPS) is 20.0. The van der Waals surface area contributed by atoms with Crippen molar-refractivity contribution in [1.82, 2.24) is 24.8 Å². The average Bonchev–Trinajstić information content (AvgIpc) is 3.26. The summed E-state index contributed by atoms with van der Waals surface area (Å²) in [5.74, 6) is 1.41. The molecule has 1 saturated heterocycles. The van der Waals surface area contributed by atoms with Crippen LogP contribution >= 0.6 is 11.6 Å². The molecule has 0 saturated carbocycles. The van der Waals surface area contributed by atoms with E-state index in [2.05, 4.69) is 29.7 Å². The highest BCUT2D eigenvalue weighted by Crippen LogP contribution is 2.20. The van der Waals surface area contributed by atoms with Gasteiger partial charge in [0, 0.05) is 44.5 Å². The molecule has 2 aliphatic rings. The first-order valence-electron chi connectivity index (χ1n) is 8.29. The Morgan fingerprint density at radius 3 is 2.96 bits per heavy atom. The third-order valence-corrected chi connectivity index (χ3v) is 4.88. The van der Waals surface area contributed by atoms with Crippen LogP contribution in [0.4, 0.5) is 5.95 Å². The van der Waals surface area contributed by atoms with E-state index in [1.807, 2.05) is 6.20 Å². The van der Waals surface area contributed by atoms with Gasteiger partial charge in [-0.15, -0.1) is 0 Å². The van der Waals surface area contributed by atoms with Crippen molar-refractivity contribution in [3.8, 4) is 0 Å². The SMILES string of the molecule is O=C(NC1CCc2nccn2C1)c1nc(N2CCCC2)ncc1Cl. The van der Waals surface area contributed by atoms with E-state index in [0.717, 1.165) is 51.1 Å². The van der Waals surface area contributed by atoms with E-state index in [1.165, 1.54) is 6.20 Å². The van der Waals surface area contributed by atoms with Gasteiger partial charge in [0.15, 0.2) is 5.69 Å². The molecule has 0 spiro atoms. The molecule has 126 valence electrons. The van der Waals surface area contributed by atoms with E-state index in [-0.39, 0.29) is 22.7 Å². The van der Waals surface area contributed by atoms with E-state index in [0.29, 0.717) is 5.95 Å². The highest BCUT2D eigenvalue weighted by Gasteiger charge is 2.24. The number of carbonyl (C=O) groups is 1. The summed E-state index contributed by atoms with van der Waals surface area (Å²) in [6.45, 7) is 2.58. The molecular weight excluding hydrogens is 328 g/mol. The van der Waals surface area contributed by atoms with Gasteiger partial charge >= 0.3 is 0 Å². The van der Waals surface area contributed by atoms with Crippen LogP contribution in [0.15, 0.2) is 18.6 Å². The molecule has 1 atom stereocenters. The molecule has 1 N–H and O–H groups in total. The number of amides is 1. The van der Waals surface area contributed by atoms with Crippen LogP contribution in [0.1, 0.15) is 35.6 Å². The van der Waals surface area contributed by atoms with Crippen molar-refractivity contribution in [2.45, 2.75) is 38.3 Å². The molecule has 4 heterocycles. The molecule has 24 heavy (non-hydrogen) atoms. The molecule has 0 aliphatic carbocycles. The van der Waals surface area contributed by atoms with Crippen molar-refractivity contribution in [2.24, 2.45) is 0 Å². The zero-order chi connectivity index (χ0) is 16.5. The summed E-state index contributed by atoms with van der Waals surface area (Å²) in [7, 11) is 0. The van der Waals surface area contributed by atoms with Crippen molar-refractivity contribution >= 4 is 23.5 Å². The number of hydrogen-bond acceptors (Lipinski definition) is 5. The number of aromatic nitrogens is 4. The van der Waals surface area contributed by atoms with Crippen molar-refractivity contribution in [2.75, 3.05) is 18.0 Å². The average molecular weight is 347 g/mol.